The number of methoxy groups -OCH3 is 1. The van der Waals surface area contributed by atoms with Crippen molar-refractivity contribution in [3.63, 3.8) is 0 Å². The molecule has 2 rings (SSSR count). The van der Waals surface area contributed by atoms with E-state index >= 15 is 0 Å². The first kappa shape index (κ1) is 17.5. The Bertz CT molecular complexity index is 668. The van der Waals surface area contributed by atoms with Crippen LogP contribution in [0.3, 0.4) is 0 Å². The maximum absolute atomic E-state index is 12.4. The van der Waals surface area contributed by atoms with E-state index in [1.54, 1.807) is 0 Å². The van der Waals surface area contributed by atoms with Crippen molar-refractivity contribution in [1.82, 2.24) is 4.90 Å². The van der Waals surface area contributed by atoms with Gasteiger partial charge in [-0.1, -0.05) is 48.0 Å². The molecule has 1 amide bonds. The zero-order chi connectivity index (χ0) is 17.4. The summed E-state index contributed by atoms with van der Waals surface area (Å²) in [6.07, 6.45) is 0. The monoisotopic (exact) mass is 327 g/mol. The minimum atomic E-state index is -0.463. The van der Waals surface area contributed by atoms with Crippen molar-refractivity contribution in [3.8, 4) is 5.75 Å². The summed E-state index contributed by atoms with van der Waals surface area (Å²) in [5.41, 5.74) is 2.05. The van der Waals surface area contributed by atoms with Crippen molar-refractivity contribution >= 4 is 11.9 Å². The highest BCUT2D eigenvalue weighted by Crippen LogP contribution is 2.12. The van der Waals surface area contributed by atoms with E-state index in [1.165, 1.54) is 12.0 Å². The van der Waals surface area contributed by atoms with Crippen molar-refractivity contribution in [3.05, 3.63) is 65.7 Å². The van der Waals surface area contributed by atoms with Crippen LogP contribution in [0.25, 0.3) is 0 Å². The molecule has 0 aliphatic rings. The lowest BCUT2D eigenvalue weighted by Crippen LogP contribution is -2.38. The maximum Gasteiger partial charge on any atom is 0.325 e. The average molecular weight is 327 g/mol. The molecule has 24 heavy (non-hydrogen) atoms. The molecule has 0 fully saturated rings. The van der Waals surface area contributed by atoms with E-state index in [0.717, 1.165) is 11.1 Å². The van der Waals surface area contributed by atoms with Gasteiger partial charge in [0.2, 0.25) is 0 Å². The van der Waals surface area contributed by atoms with Gasteiger partial charge in [0.1, 0.15) is 12.3 Å². The predicted octanol–water partition coefficient (Wildman–Crippen LogP) is 2.58. The van der Waals surface area contributed by atoms with Gasteiger partial charge in [0.05, 0.1) is 7.11 Å². The van der Waals surface area contributed by atoms with E-state index in [-0.39, 0.29) is 19.1 Å². The quantitative estimate of drug-likeness (QED) is 0.734. The van der Waals surface area contributed by atoms with Gasteiger partial charge in [-0.05, 0) is 24.6 Å². The highest BCUT2D eigenvalue weighted by molar-refractivity contribution is 5.83. The van der Waals surface area contributed by atoms with Crippen molar-refractivity contribution in [2.75, 3.05) is 20.3 Å². The number of carbonyl (C=O) groups excluding carboxylic acids is 2. The average Bonchev–Trinajstić information content (AvgIpc) is 2.61. The maximum atomic E-state index is 12.4. The number of nitrogens with zero attached hydrogens (tertiary/aromatic N) is 1. The molecule has 2 aromatic carbocycles. The summed E-state index contributed by atoms with van der Waals surface area (Å²) in [5, 5.41) is 0. The van der Waals surface area contributed by atoms with Gasteiger partial charge in [0, 0.05) is 6.54 Å². The highest BCUT2D eigenvalue weighted by Gasteiger charge is 2.18. The molecule has 5 heteroatoms. The molecule has 0 radical (unpaired) electrons. The number of hydrogen-bond donors (Lipinski definition) is 0. The van der Waals surface area contributed by atoms with E-state index in [9.17, 15) is 9.59 Å². The second-order valence-corrected chi connectivity index (χ2v) is 5.41. The minimum absolute atomic E-state index is 0.110. The van der Waals surface area contributed by atoms with E-state index in [1.807, 2.05) is 61.5 Å². The molecule has 0 aliphatic heterocycles. The molecule has 0 atom stereocenters. The Hall–Kier alpha value is -2.82. The first-order chi connectivity index (χ1) is 11.6. The largest absolute Gasteiger partial charge is 0.484 e. The molecule has 126 valence electrons. The molecule has 5 nitrogen and oxygen atoms in total. The van der Waals surface area contributed by atoms with E-state index in [0.29, 0.717) is 12.3 Å². The molecule has 0 N–H and O–H groups in total. The minimum Gasteiger partial charge on any atom is -0.484 e. The summed E-state index contributed by atoms with van der Waals surface area (Å²) in [7, 11) is 1.30. The van der Waals surface area contributed by atoms with Crippen molar-refractivity contribution in [2.45, 2.75) is 13.5 Å². The predicted molar refractivity (Wildman–Crippen MR) is 90.5 cm³/mol. The number of rotatable bonds is 7. The van der Waals surface area contributed by atoms with Crippen LogP contribution < -0.4 is 4.74 Å². The normalized spacial score (nSPS) is 10.1. The first-order valence-electron chi connectivity index (χ1n) is 7.66. The highest BCUT2D eigenvalue weighted by atomic mass is 16.5. The zero-order valence-corrected chi connectivity index (χ0v) is 13.9. The molecular weight excluding hydrogens is 306 g/mol. The van der Waals surface area contributed by atoms with Crippen LogP contribution in [0.5, 0.6) is 5.75 Å². The second kappa shape index (κ2) is 8.72. The Balaban J connectivity index is 2.00. The number of hydrogen-bond acceptors (Lipinski definition) is 4. The van der Waals surface area contributed by atoms with Gasteiger partial charge in [0.25, 0.3) is 5.91 Å². The van der Waals surface area contributed by atoms with Crippen LogP contribution in [0, 0.1) is 6.92 Å². The van der Waals surface area contributed by atoms with Crippen LogP contribution >= 0.6 is 0 Å². The number of benzene rings is 2. The summed E-state index contributed by atoms with van der Waals surface area (Å²) in [6.45, 7) is 2.06. The van der Waals surface area contributed by atoms with E-state index in [2.05, 4.69) is 4.74 Å². The molecule has 2 aromatic rings. The van der Waals surface area contributed by atoms with Gasteiger partial charge in [-0.15, -0.1) is 0 Å². The summed E-state index contributed by atoms with van der Waals surface area (Å²) >= 11 is 0. The van der Waals surface area contributed by atoms with Gasteiger partial charge in [0.15, 0.2) is 6.61 Å². The number of ether oxygens (including phenoxy) is 2. The Kier molecular flexibility index (Phi) is 6.37. The van der Waals surface area contributed by atoms with Crippen LogP contribution in [-0.4, -0.2) is 37.0 Å². The summed E-state index contributed by atoms with van der Waals surface area (Å²) < 4.78 is 10.2. The number of carbonyl (C=O) groups is 2. The van der Waals surface area contributed by atoms with Crippen LogP contribution in [0.1, 0.15) is 11.1 Å². The summed E-state index contributed by atoms with van der Waals surface area (Å²) in [6, 6.07) is 16.9. The molecule has 0 aromatic heterocycles. The van der Waals surface area contributed by atoms with E-state index in [4.69, 9.17) is 4.74 Å². The van der Waals surface area contributed by atoms with Gasteiger partial charge in [-0.2, -0.15) is 0 Å². The Labute approximate surface area is 141 Å². The number of aryl methyl sites for hydroxylation is 1. The lowest BCUT2D eigenvalue weighted by atomic mass is 10.2. The molecule has 0 saturated carbocycles. The Morgan fingerprint density at radius 3 is 2.29 bits per heavy atom. The van der Waals surface area contributed by atoms with Gasteiger partial charge >= 0.3 is 5.97 Å². The second-order valence-electron chi connectivity index (χ2n) is 5.41. The lowest BCUT2D eigenvalue weighted by Gasteiger charge is -2.21. The lowest BCUT2D eigenvalue weighted by molar-refractivity contribution is -0.148. The van der Waals surface area contributed by atoms with Gasteiger partial charge in [-0.3, -0.25) is 9.59 Å². The van der Waals surface area contributed by atoms with Gasteiger partial charge < -0.3 is 14.4 Å². The molecule has 0 saturated heterocycles. The fourth-order valence-corrected chi connectivity index (χ4v) is 2.13. The molecule has 0 aliphatic carbocycles. The standard InChI is InChI=1S/C19H21NO4/c1-15-8-10-17(11-9-15)24-14-18(21)20(13-19(22)23-2)12-16-6-4-3-5-7-16/h3-11H,12-14H2,1-2H3. The molecule has 0 bridgehead atoms. The fourth-order valence-electron chi connectivity index (χ4n) is 2.13. The van der Waals surface area contributed by atoms with Crippen LogP contribution in [0.2, 0.25) is 0 Å². The number of amides is 1. The summed E-state index contributed by atoms with van der Waals surface area (Å²) in [5.74, 6) is -0.119. The van der Waals surface area contributed by atoms with Gasteiger partial charge in [-0.25, -0.2) is 0 Å². The smallest absolute Gasteiger partial charge is 0.325 e. The third-order valence-corrected chi connectivity index (χ3v) is 3.50. The summed E-state index contributed by atoms with van der Waals surface area (Å²) in [4.78, 5) is 25.4. The number of esters is 1. The molecule has 0 spiro atoms. The zero-order valence-electron chi connectivity index (χ0n) is 13.9. The molecular formula is C19H21NO4. The fraction of sp³-hybridized carbons (Fsp3) is 0.263. The molecule has 0 heterocycles. The molecule has 0 unspecified atom stereocenters. The first-order valence-corrected chi connectivity index (χ1v) is 7.66. The van der Waals surface area contributed by atoms with E-state index < -0.39 is 5.97 Å². The Morgan fingerprint density at radius 2 is 1.67 bits per heavy atom. The third-order valence-electron chi connectivity index (χ3n) is 3.50. The van der Waals surface area contributed by atoms with Crippen LogP contribution in [0.4, 0.5) is 0 Å². The topological polar surface area (TPSA) is 55.8 Å². The van der Waals surface area contributed by atoms with Crippen molar-refractivity contribution in [1.29, 1.82) is 0 Å². The Morgan fingerprint density at radius 1 is 1.00 bits per heavy atom. The van der Waals surface area contributed by atoms with Crippen LogP contribution in [0.15, 0.2) is 54.6 Å². The SMILES string of the molecule is COC(=O)CN(Cc1ccccc1)C(=O)COc1ccc(C)cc1. The van der Waals surface area contributed by atoms with Crippen molar-refractivity contribution in [2.24, 2.45) is 0 Å². The third kappa shape index (κ3) is 5.43. The van der Waals surface area contributed by atoms with Crippen molar-refractivity contribution < 1.29 is 19.1 Å². The van der Waals surface area contributed by atoms with Crippen LogP contribution in [-0.2, 0) is 20.9 Å².